The van der Waals surface area contributed by atoms with Gasteiger partial charge in [0.05, 0.1) is 0 Å². The van der Waals surface area contributed by atoms with Gasteiger partial charge < -0.3 is 0 Å². The third-order valence-electron chi connectivity index (χ3n) is 1.43. The summed E-state index contributed by atoms with van der Waals surface area (Å²) < 4.78 is 37.0. The molecule has 0 radical (unpaired) electrons. The Hall–Kier alpha value is -0.900. The number of nitrogens with zero attached hydrogens (tertiary/aromatic N) is 2. The first kappa shape index (κ1) is 13.1. The molecule has 0 amide bonds. The molecule has 0 heterocycles. The summed E-state index contributed by atoms with van der Waals surface area (Å²) in [7, 11) is 0. The number of alkyl halides is 3. The second-order valence-corrected chi connectivity index (χ2v) is 3.71. The van der Waals surface area contributed by atoms with E-state index in [2.05, 4.69) is 10.3 Å². The molecule has 0 aromatic heterocycles. The van der Waals surface area contributed by atoms with Gasteiger partial charge in [0, 0.05) is 0 Å². The van der Waals surface area contributed by atoms with Gasteiger partial charge in [0.15, 0.2) is 16.9 Å². The van der Waals surface area contributed by atoms with Crippen LogP contribution < -0.4 is 5.32 Å². The van der Waals surface area contributed by atoms with Crippen molar-refractivity contribution in [3.05, 3.63) is 0 Å². The second-order valence-electron chi connectivity index (χ2n) is 2.91. The van der Waals surface area contributed by atoms with E-state index in [1.54, 1.807) is 0 Å². The van der Waals surface area contributed by atoms with Crippen molar-refractivity contribution in [1.29, 1.82) is 5.26 Å². The van der Waals surface area contributed by atoms with E-state index in [0.29, 0.717) is 0 Å². The van der Waals surface area contributed by atoms with Crippen molar-refractivity contribution >= 4 is 16.9 Å². The maximum Gasteiger partial charge on any atom is 0.413 e. The SMILES string of the molecule is CSC(=NC(C)(C)C(F)(F)F)NC#N. The highest BCUT2D eigenvalue weighted by atomic mass is 32.2. The highest BCUT2D eigenvalue weighted by Crippen LogP contribution is 2.33. The number of hydrogen-bond acceptors (Lipinski definition) is 3. The van der Waals surface area contributed by atoms with Gasteiger partial charge >= 0.3 is 6.18 Å². The molecule has 0 saturated carbocycles. The monoisotopic (exact) mass is 225 g/mol. The lowest BCUT2D eigenvalue weighted by molar-refractivity contribution is -0.174. The number of nitriles is 1. The van der Waals surface area contributed by atoms with E-state index in [1.807, 2.05) is 0 Å². The molecule has 0 fully saturated rings. The molecule has 0 aliphatic heterocycles. The Morgan fingerprint density at radius 1 is 1.43 bits per heavy atom. The smallest absolute Gasteiger partial charge is 0.272 e. The molecule has 0 aliphatic rings. The molecule has 0 aliphatic carbocycles. The molecule has 14 heavy (non-hydrogen) atoms. The minimum absolute atomic E-state index is 0.0465. The van der Waals surface area contributed by atoms with Gasteiger partial charge in [-0.15, -0.1) is 0 Å². The predicted octanol–water partition coefficient (Wildman–Crippen LogP) is 2.12. The molecule has 0 spiro atoms. The van der Waals surface area contributed by atoms with Crippen LogP contribution in [0.15, 0.2) is 4.99 Å². The molecule has 0 saturated heterocycles. The van der Waals surface area contributed by atoms with E-state index in [0.717, 1.165) is 25.6 Å². The fraction of sp³-hybridized carbons (Fsp3) is 0.714. The Morgan fingerprint density at radius 2 is 1.93 bits per heavy atom. The molecule has 0 atom stereocenters. The summed E-state index contributed by atoms with van der Waals surface area (Å²) in [6.45, 7) is 1.89. The molecule has 3 nitrogen and oxygen atoms in total. The zero-order chi connectivity index (χ0) is 11.4. The number of amidine groups is 1. The zero-order valence-electron chi connectivity index (χ0n) is 7.94. The fourth-order valence-electron chi connectivity index (χ4n) is 0.490. The average Bonchev–Trinajstić information content (AvgIpc) is 2.01. The van der Waals surface area contributed by atoms with Crippen molar-refractivity contribution in [2.45, 2.75) is 25.6 Å². The summed E-state index contributed by atoms with van der Waals surface area (Å²) in [5, 5.41) is 10.3. The number of rotatable bonds is 1. The van der Waals surface area contributed by atoms with E-state index in [9.17, 15) is 13.2 Å². The van der Waals surface area contributed by atoms with Crippen LogP contribution in [0.5, 0.6) is 0 Å². The molecule has 0 aromatic carbocycles. The first-order valence-corrected chi connectivity index (χ1v) is 4.82. The average molecular weight is 225 g/mol. The summed E-state index contributed by atoms with van der Waals surface area (Å²) in [5.74, 6) is 0. The lowest BCUT2D eigenvalue weighted by Gasteiger charge is -2.23. The molecule has 1 N–H and O–H groups in total. The Balaban J connectivity index is 4.85. The molecular weight excluding hydrogens is 215 g/mol. The van der Waals surface area contributed by atoms with Crippen LogP contribution in [0.1, 0.15) is 13.8 Å². The minimum Gasteiger partial charge on any atom is -0.272 e. The second kappa shape index (κ2) is 4.55. The van der Waals surface area contributed by atoms with Crippen molar-refractivity contribution in [2.24, 2.45) is 4.99 Å². The van der Waals surface area contributed by atoms with Gasteiger partial charge in [0.25, 0.3) is 0 Å². The molecular formula is C7H10F3N3S. The predicted molar refractivity (Wildman–Crippen MR) is 49.8 cm³/mol. The van der Waals surface area contributed by atoms with Crippen LogP contribution in [0.3, 0.4) is 0 Å². The van der Waals surface area contributed by atoms with Gasteiger partial charge in [0.2, 0.25) is 0 Å². The maximum atomic E-state index is 12.3. The van der Waals surface area contributed by atoms with E-state index < -0.39 is 11.7 Å². The van der Waals surface area contributed by atoms with E-state index >= 15 is 0 Å². The standard InChI is InChI=1S/C7H10F3N3S/c1-6(2,7(8,9)10)13-5(14-3)12-4-11/h1-3H3,(H,12,13). The van der Waals surface area contributed by atoms with Gasteiger partial charge in [-0.25, -0.2) is 4.99 Å². The largest absolute Gasteiger partial charge is 0.413 e. The lowest BCUT2D eigenvalue weighted by atomic mass is 10.1. The molecule has 80 valence electrons. The number of nitrogens with one attached hydrogen (secondary N) is 1. The van der Waals surface area contributed by atoms with E-state index in [4.69, 9.17) is 5.26 Å². The maximum absolute atomic E-state index is 12.3. The van der Waals surface area contributed by atoms with Crippen LogP contribution in [-0.2, 0) is 0 Å². The number of hydrogen-bond donors (Lipinski definition) is 1. The molecule has 0 rings (SSSR count). The number of halogens is 3. The molecule has 0 bridgehead atoms. The van der Waals surface area contributed by atoms with Crippen molar-refractivity contribution in [2.75, 3.05) is 6.26 Å². The molecule has 0 unspecified atom stereocenters. The zero-order valence-corrected chi connectivity index (χ0v) is 8.75. The van der Waals surface area contributed by atoms with E-state index in [1.165, 1.54) is 12.4 Å². The van der Waals surface area contributed by atoms with Crippen molar-refractivity contribution in [3.63, 3.8) is 0 Å². The van der Waals surface area contributed by atoms with Crippen LogP contribution in [0.25, 0.3) is 0 Å². The Labute approximate surface area is 84.4 Å². The van der Waals surface area contributed by atoms with Crippen LogP contribution in [0, 0.1) is 11.5 Å². The van der Waals surface area contributed by atoms with E-state index in [-0.39, 0.29) is 5.17 Å². The topological polar surface area (TPSA) is 48.2 Å². The lowest BCUT2D eigenvalue weighted by Crippen LogP contribution is -2.39. The first-order valence-electron chi connectivity index (χ1n) is 3.60. The minimum atomic E-state index is -4.43. The normalized spacial score (nSPS) is 13.6. The molecule has 0 aromatic rings. The quantitative estimate of drug-likeness (QED) is 0.322. The first-order chi connectivity index (χ1) is 6.24. The van der Waals surface area contributed by atoms with Crippen molar-refractivity contribution in [1.82, 2.24) is 5.32 Å². The van der Waals surface area contributed by atoms with Gasteiger partial charge in [-0.3, -0.25) is 5.32 Å². The van der Waals surface area contributed by atoms with Gasteiger partial charge in [-0.1, -0.05) is 11.8 Å². The Kier molecular flexibility index (Phi) is 4.26. The van der Waals surface area contributed by atoms with Crippen LogP contribution in [-0.4, -0.2) is 23.1 Å². The number of thioether (sulfide) groups is 1. The Morgan fingerprint density at radius 3 is 2.21 bits per heavy atom. The van der Waals surface area contributed by atoms with Crippen LogP contribution in [0.4, 0.5) is 13.2 Å². The summed E-state index contributed by atoms with van der Waals surface area (Å²) in [4.78, 5) is 3.41. The fourth-order valence-corrected chi connectivity index (χ4v) is 0.957. The highest BCUT2D eigenvalue weighted by Gasteiger charge is 2.47. The van der Waals surface area contributed by atoms with Crippen molar-refractivity contribution < 1.29 is 13.2 Å². The highest BCUT2D eigenvalue weighted by molar-refractivity contribution is 8.13. The Bertz CT molecular complexity index is 264. The van der Waals surface area contributed by atoms with Gasteiger partial charge in [0.1, 0.15) is 0 Å². The van der Waals surface area contributed by atoms with Crippen molar-refractivity contribution in [3.8, 4) is 6.19 Å². The summed E-state index contributed by atoms with van der Waals surface area (Å²) in [5.41, 5.74) is -2.19. The van der Waals surface area contributed by atoms with Crippen LogP contribution in [0.2, 0.25) is 0 Å². The number of aliphatic imine (C=N–C) groups is 1. The van der Waals surface area contributed by atoms with Gasteiger partial charge in [-0.2, -0.15) is 18.4 Å². The third-order valence-corrected chi connectivity index (χ3v) is 2.01. The summed E-state index contributed by atoms with van der Waals surface area (Å²) in [6.07, 6.45) is -1.36. The summed E-state index contributed by atoms with van der Waals surface area (Å²) in [6, 6.07) is 0. The molecule has 7 heteroatoms. The summed E-state index contributed by atoms with van der Waals surface area (Å²) >= 11 is 0.954. The third kappa shape index (κ3) is 3.46. The van der Waals surface area contributed by atoms with Gasteiger partial charge in [-0.05, 0) is 20.1 Å². The van der Waals surface area contributed by atoms with Crippen LogP contribution >= 0.6 is 11.8 Å².